The molecule has 0 heterocycles. The van der Waals surface area contributed by atoms with Crippen LogP contribution in [0.2, 0.25) is 0 Å². The second-order valence-electron chi connectivity index (χ2n) is 5.45. The highest BCUT2D eigenvalue weighted by Gasteiger charge is 2.06. The zero-order valence-electron chi connectivity index (χ0n) is 13.7. The first-order valence-electron chi connectivity index (χ1n) is 7.75. The minimum atomic E-state index is -0.193. The molecule has 0 aliphatic carbocycles. The standard InChI is InChI=1S/C19H23NO3/c1-14-12-18(8-6-16(14)7-9-19(21)22-2)23-17-5-3-4-15(13-17)10-11-20/h3-6,8,12-13H,7,9-11,20H2,1-2H3. The Morgan fingerprint density at radius 2 is 1.87 bits per heavy atom. The van der Waals surface area contributed by atoms with Gasteiger partial charge in [0.2, 0.25) is 0 Å². The topological polar surface area (TPSA) is 61.5 Å². The van der Waals surface area contributed by atoms with Crippen LogP contribution in [0.4, 0.5) is 0 Å². The van der Waals surface area contributed by atoms with Crippen molar-refractivity contribution in [2.24, 2.45) is 5.73 Å². The Balaban J connectivity index is 2.05. The van der Waals surface area contributed by atoms with Gasteiger partial charge in [-0.2, -0.15) is 0 Å². The van der Waals surface area contributed by atoms with Crippen LogP contribution in [0, 0.1) is 6.92 Å². The molecule has 0 amide bonds. The molecule has 23 heavy (non-hydrogen) atoms. The highest BCUT2D eigenvalue weighted by molar-refractivity contribution is 5.69. The predicted octanol–water partition coefficient (Wildman–Crippen LogP) is 3.39. The summed E-state index contributed by atoms with van der Waals surface area (Å²) in [5.41, 5.74) is 8.98. The summed E-state index contributed by atoms with van der Waals surface area (Å²) in [4.78, 5) is 11.2. The maximum Gasteiger partial charge on any atom is 0.305 e. The Bertz CT molecular complexity index is 667. The van der Waals surface area contributed by atoms with Crippen molar-refractivity contribution < 1.29 is 14.3 Å². The number of rotatable bonds is 7. The van der Waals surface area contributed by atoms with Crippen LogP contribution in [0.15, 0.2) is 42.5 Å². The second kappa shape index (κ2) is 8.34. The van der Waals surface area contributed by atoms with Gasteiger partial charge in [-0.25, -0.2) is 0 Å². The van der Waals surface area contributed by atoms with E-state index in [1.54, 1.807) is 0 Å². The van der Waals surface area contributed by atoms with Crippen molar-refractivity contribution in [2.45, 2.75) is 26.2 Å². The molecule has 2 aromatic rings. The van der Waals surface area contributed by atoms with Crippen molar-refractivity contribution >= 4 is 5.97 Å². The summed E-state index contributed by atoms with van der Waals surface area (Å²) in [7, 11) is 1.41. The largest absolute Gasteiger partial charge is 0.469 e. The molecule has 0 unspecified atom stereocenters. The van der Waals surface area contributed by atoms with Crippen LogP contribution in [0.5, 0.6) is 11.5 Å². The fourth-order valence-electron chi connectivity index (χ4n) is 2.42. The van der Waals surface area contributed by atoms with E-state index in [0.717, 1.165) is 34.6 Å². The fourth-order valence-corrected chi connectivity index (χ4v) is 2.42. The monoisotopic (exact) mass is 313 g/mol. The van der Waals surface area contributed by atoms with Crippen molar-refractivity contribution in [1.82, 2.24) is 0 Å². The molecule has 0 aromatic heterocycles. The van der Waals surface area contributed by atoms with E-state index in [2.05, 4.69) is 4.74 Å². The van der Waals surface area contributed by atoms with E-state index in [1.165, 1.54) is 7.11 Å². The highest BCUT2D eigenvalue weighted by atomic mass is 16.5. The first-order chi connectivity index (χ1) is 11.1. The van der Waals surface area contributed by atoms with E-state index >= 15 is 0 Å². The summed E-state index contributed by atoms with van der Waals surface area (Å²) in [6.07, 6.45) is 1.89. The van der Waals surface area contributed by atoms with E-state index in [1.807, 2.05) is 49.4 Å². The molecule has 4 nitrogen and oxygen atoms in total. The van der Waals surface area contributed by atoms with Crippen molar-refractivity contribution in [3.8, 4) is 11.5 Å². The predicted molar refractivity (Wildman–Crippen MR) is 90.8 cm³/mol. The minimum Gasteiger partial charge on any atom is -0.469 e. The summed E-state index contributed by atoms with van der Waals surface area (Å²) in [6, 6.07) is 13.9. The number of benzene rings is 2. The Labute approximate surface area is 137 Å². The number of carbonyl (C=O) groups excluding carboxylic acids is 1. The van der Waals surface area contributed by atoms with Crippen LogP contribution in [-0.4, -0.2) is 19.6 Å². The van der Waals surface area contributed by atoms with Gasteiger partial charge in [0.25, 0.3) is 0 Å². The molecule has 0 aliphatic heterocycles. The van der Waals surface area contributed by atoms with Gasteiger partial charge < -0.3 is 15.2 Å². The Morgan fingerprint density at radius 1 is 1.09 bits per heavy atom. The molecular weight excluding hydrogens is 290 g/mol. The second-order valence-corrected chi connectivity index (χ2v) is 5.45. The number of esters is 1. The summed E-state index contributed by atoms with van der Waals surface area (Å²) < 4.78 is 10.6. The van der Waals surface area contributed by atoms with E-state index in [9.17, 15) is 4.79 Å². The van der Waals surface area contributed by atoms with Gasteiger partial charge in [-0.1, -0.05) is 18.2 Å². The molecular formula is C19H23NO3. The average Bonchev–Trinajstić information content (AvgIpc) is 2.54. The quantitative estimate of drug-likeness (QED) is 0.796. The van der Waals surface area contributed by atoms with Crippen LogP contribution in [0.25, 0.3) is 0 Å². The SMILES string of the molecule is COC(=O)CCc1ccc(Oc2cccc(CCN)c2)cc1C. The number of hydrogen-bond acceptors (Lipinski definition) is 4. The number of ether oxygens (including phenoxy) is 2. The van der Waals surface area contributed by atoms with E-state index in [0.29, 0.717) is 19.4 Å². The van der Waals surface area contributed by atoms with Crippen molar-refractivity contribution in [3.63, 3.8) is 0 Å². The van der Waals surface area contributed by atoms with Gasteiger partial charge in [0, 0.05) is 6.42 Å². The molecule has 4 heteroatoms. The summed E-state index contributed by atoms with van der Waals surface area (Å²) >= 11 is 0. The number of carbonyl (C=O) groups is 1. The third kappa shape index (κ3) is 5.11. The zero-order chi connectivity index (χ0) is 16.7. The van der Waals surface area contributed by atoms with E-state index in [4.69, 9.17) is 10.5 Å². The van der Waals surface area contributed by atoms with Crippen LogP contribution in [-0.2, 0) is 22.4 Å². The molecule has 2 N–H and O–H groups in total. The van der Waals surface area contributed by atoms with Crippen LogP contribution >= 0.6 is 0 Å². The fraction of sp³-hybridized carbons (Fsp3) is 0.316. The lowest BCUT2D eigenvalue weighted by Gasteiger charge is -2.10. The molecule has 0 saturated heterocycles. The molecule has 2 aromatic carbocycles. The zero-order valence-corrected chi connectivity index (χ0v) is 13.7. The Hall–Kier alpha value is -2.33. The molecule has 0 atom stereocenters. The molecule has 0 radical (unpaired) electrons. The third-order valence-electron chi connectivity index (χ3n) is 3.71. The van der Waals surface area contributed by atoms with E-state index < -0.39 is 0 Å². The smallest absolute Gasteiger partial charge is 0.305 e. The number of nitrogens with two attached hydrogens (primary N) is 1. The number of hydrogen-bond donors (Lipinski definition) is 1. The molecule has 0 fully saturated rings. The first kappa shape index (κ1) is 17.0. The molecule has 0 spiro atoms. The van der Waals surface area contributed by atoms with Gasteiger partial charge in [0.1, 0.15) is 11.5 Å². The normalized spacial score (nSPS) is 10.4. The number of methoxy groups -OCH3 is 1. The van der Waals surface area contributed by atoms with Gasteiger partial charge >= 0.3 is 5.97 Å². The Kier molecular flexibility index (Phi) is 6.18. The highest BCUT2D eigenvalue weighted by Crippen LogP contribution is 2.25. The lowest BCUT2D eigenvalue weighted by Crippen LogP contribution is -2.03. The van der Waals surface area contributed by atoms with Gasteiger partial charge in [0.15, 0.2) is 0 Å². The van der Waals surface area contributed by atoms with Crippen molar-refractivity contribution in [3.05, 3.63) is 59.2 Å². The van der Waals surface area contributed by atoms with Crippen molar-refractivity contribution in [2.75, 3.05) is 13.7 Å². The van der Waals surface area contributed by atoms with Gasteiger partial charge in [-0.05, 0) is 67.3 Å². The Morgan fingerprint density at radius 3 is 2.57 bits per heavy atom. The maximum atomic E-state index is 11.2. The van der Waals surface area contributed by atoms with Gasteiger partial charge in [0.05, 0.1) is 7.11 Å². The first-order valence-corrected chi connectivity index (χ1v) is 7.75. The van der Waals surface area contributed by atoms with Crippen LogP contribution < -0.4 is 10.5 Å². The third-order valence-corrected chi connectivity index (χ3v) is 3.71. The molecule has 0 saturated carbocycles. The maximum absolute atomic E-state index is 11.2. The summed E-state index contributed by atoms with van der Waals surface area (Å²) in [5, 5.41) is 0. The van der Waals surface area contributed by atoms with Crippen LogP contribution in [0.1, 0.15) is 23.1 Å². The van der Waals surface area contributed by atoms with Crippen LogP contribution in [0.3, 0.4) is 0 Å². The van der Waals surface area contributed by atoms with Crippen molar-refractivity contribution in [1.29, 1.82) is 0 Å². The average molecular weight is 313 g/mol. The molecule has 0 aliphatic rings. The molecule has 0 bridgehead atoms. The number of aryl methyl sites for hydroxylation is 2. The summed E-state index contributed by atoms with van der Waals surface area (Å²) in [6.45, 7) is 2.64. The minimum absolute atomic E-state index is 0.193. The van der Waals surface area contributed by atoms with Gasteiger partial charge in [-0.15, -0.1) is 0 Å². The summed E-state index contributed by atoms with van der Waals surface area (Å²) in [5.74, 6) is 1.40. The molecule has 2 rings (SSSR count). The lowest BCUT2D eigenvalue weighted by molar-refractivity contribution is -0.140. The van der Waals surface area contributed by atoms with E-state index in [-0.39, 0.29) is 5.97 Å². The van der Waals surface area contributed by atoms with Gasteiger partial charge in [-0.3, -0.25) is 4.79 Å². The molecule has 122 valence electrons. The lowest BCUT2D eigenvalue weighted by atomic mass is 10.0.